The predicted octanol–water partition coefficient (Wildman–Crippen LogP) is 1.94. The van der Waals surface area contributed by atoms with Crippen molar-refractivity contribution >= 4 is 38.4 Å². The second-order valence-corrected chi connectivity index (χ2v) is 4.61. The van der Waals surface area contributed by atoms with Gasteiger partial charge in [-0.2, -0.15) is 0 Å². The van der Waals surface area contributed by atoms with E-state index in [1.165, 1.54) is 6.92 Å². The Morgan fingerprint density at radius 3 is 3.06 bits per heavy atom. The van der Waals surface area contributed by atoms with Gasteiger partial charge in [0, 0.05) is 37.3 Å². The number of carbonyl (C=O) groups is 1. The Morgan fingerprint density at radius 1 is 1.44 bits per heavy atom. The van der Waals surface area contributed by atoms with Crippen LogP contribution in [0.25, 0.3) is 10.9 Å². The van der Waals surface area contributed by atoms with Gasteiger partial charge >= 0.3 is 0 Å². The molecule has 2 rings (SSSR count). The lowest BCUT2D eigenvalue weighted by Gasteiger charge is -2.10. The van der Waals surface area contributed by atoms with E-state index in [1.807, 2.05) is 12.1 Å². The van der Waals surface area contributed by atoms with Crippen LogP contribution in [-0.4, -0.2) is 29.0 Å². The maximum atomic E-state index is 10.8. The number of carbonyl (C=O) groups excluding carboxylic acids is 1. The summed E-state index contributed by atoms with van der Waals surface area (Å²) in [4.78, 5) is 19.1. The number of hydrogen-bond donors (Lipinski definition) is 2. The molecule has 2 N–H and O–H groups in total. The molecule has 0 aliphatic heterocycles. The maximum Gasteiger partial charge on any atom is 0.216 e. The summed E-state index contributed by atoms with van der Waals surface area (Å²) in [5.41, 5.74) is 1.80. The number of aromatic nitrogens is 2. The predicted molar refractivity (Wildman–Crippen MR) is 74.4 cm³/mol. The summed E-state index contributed by atoms with van der Waals surface area (Å²) < 4.78 is 0.755. The van der Waals surface area contributed by atoms with E-state index < -0.39 is 0 Å². The van der Waals surface area contributed by atoms with Crippen molar-refractivity contribution in [2.45, 2.75) is 6.92 Å². The van der Waals surface area contributed by atoms with E-state index in [1.54, 1.807) is 12.4 Å². The number of hydrogen-bond acceptors (Lipinski definition) is 4. The Labute approximate surface area is 113 Å². The van der Waals surface area contributed by atoms with Crippen LogP contribution in [-0.2, 0) is 4.79 Å². The summed E-state index contributed by atoms with van der Waals surface area (Å²) in [5.74, 6) is -0.0261. The third-order valence-electron chi connectivity index (χ3n) is 2.40. The fourth-order valence-corrected chi connectivity index (χ4v) is 2.05. The van der Waals surface area contributed by atoms with Crippen LogP contribution in [0.3, 0.4) is 0 Å². The molecule has 0 unspecified atom stereocenters. The normalized spacial score (nSPS) is 10.3. The topological polar surface area (TPSA) is 66.9 Å². The third kappa shape index (κ3) is 3.16. The Kier molecular flexibility index (Phi) is 4.09. The molecule has 2 heterocycles. The van der Waals surface area contributed by atoms with Gasteiger partial charge < -0.3 is 10.6 Å². The average Bonchev–Trinajstić information content (AvgIpc) is 2.34. The van der Waals surface area contributed by atoms with Crippen molar-refractivity contribution in [1.29, 1.82) is 0 Å². The monoisotopic (exact) mass is 308 g/mol. The van der Waals surface area contributed by atoms with Gasteiger partial charge in [-0.3, -0.25) is 9.78 Å². The van der Waals surface area contributed by atoms with E-state index in [4.69, 9.17) is 0 Å². The Hall–Kier alpha value is -1.69. The number of fused-ring (bicyclic) bond motifs is 1. The molecule has 0 saturated heterocycles. The van der Waals surface area contributed by atoms with Crippen LogP contribution in [0.1, 0.15) is 6.92 Å². The number of rotatable bonds is 4. The Morgan fingerprint density at radius 2 is 2.28 bits per heavy atom. The van der Waals surface area contributed by atoms with E-state index in [0.29, 0.717) is 13.1 Å². The van der Waals surface area contributed by atoms with E-state index in [2.05, 4.69) is 36.5 Å². The van der Waals surface area contributed by atoms with E-state index in [0.717, 1.165) is 21.2 Å². The zero-order valence-corrected chi connectivity index (χ0v) is 11.5. The largest absolute Gasteiger partial charge is 0.383 e. The molecule has 0 spiro atoms. The molecule has 5 nitrogen and oxygen atoms in total. The molecule has 0 saturated carbocycles. The second kappa shape index (κ2) is 5.77. The van der Waals surface area contributed by atoms with Crippen molar-refractivity contribution in [3.05, 3.63) is 29.1 Å². The number of pyridine rings is 2. The van der Waals surface area contributed by atoms with Gasteiger partial charge in [-0.15, -0.1) is 0 Å². The molecule has 1 amide bonds. The van der Waals surface area contributed by atoms with Gasteiger partial charge in [0.1, 0.15) is 4.60 Å². The summed E-state index contributed by atoms with van der Waals surface area (Å²) in [5, 5.41) is 7.02. The maximum absolute atomic E-state index is 10.8. The first-order valence-corrected chi connectivity index (χ1v) is 6.34. The van der Waals surface area contributed by atoms with Gasteiger partial charge in [0.05, 0.1) is 11.7 Å². The van der Waals surface area contributed by atoms with Gasteiger partial charge in [-0.05, 0) is 28.1 Å². The molecular formula is C12H13BrN4O. The highest BCUT2D eigenvalue weighted by Gasteiger charge is 2.03. The first-order valence-electron chi connectivity index (χ1n) is 5.55. The van der Waals surface area contributed by atoms with E-state index in [-0.39, 0.29) is 5.91 Å². The molecule has 0 atom stereocenters. The lowest BCUT2D eigenvalue weighted by atomic mass is 10.2. The smallest absolute Gasteiger partial charge is 0.216 e. The average molecular weight is 309 g/mol. The zero-order valence-electron chi connectivity index (χ0n) is 9.90. The van der Waals surface area contributed by atoms with Crippen molar-refractivity contribution in [2.75, 3.05) is 18.4 Å². The molecule has 0 fully saturated rings. The number of halogens is 1. The number of nitrogens with one attached hydrogen (secondary N) is 2. The van der Waals surface area contributed by atoms with Crippen molar-refractivity contribution in [2.24, 2.45) is 0 Å². The number of amides is 1. The van der Waals surface area contributed by atoms with E-state index >= 15 is 0 Å². The van der Waals surface area contributed by atoms with Crippen LogP contribution < -0.4 is 10.6 Å². The fourth-order valence-electron chi connectivity index (χ4n) is 1.63. The minimum absolute atomic E-state index is 0.0261. The van der Waals surface area contributed by atoms with Crippen molar-refractivity contribution in [1.82, 2.24) is 15.3 Å². The molecule has 94 valence electrons. The molecular weight excluding hydrogens is 296 g/mol. The summed E-state index contributed by atoms with van der Waals surface area (Å²) in [6.07, 6.45) is 3.45. The van der Waals surface area contributed by atoms with Gasteiger partial charge in [0.25, 0.3) is 0 Å². The highest BCUT2D eigenvalue weighted by Crippen LogP contribution is 2.24. The third-order valence-corrected chi connectivity index (χ3v) is 2.80. The van der Waals surface area contributed by atoms with Crippen LogP contribution in [0.2, 0.25) is 0 Å². The first-order chi connectivity index (χ1) is 8.66. The number of anilines is 1. The summed E-state index contributed by atoms with van der Waals surface area (Å²) in [6, 6.07) is 3.83. The minimum Gasteiger partial charge on any atom is -0.383 e. The summed E-state index contributed by atoms with van der Waals surface area (Å²) >= 11 is 3.37. The minimum atomic E-state index is -0.0261. The van der Waals surface area contributed by atoms with Crippen molar-refractivity contribution in [3.63, 3.8) is 0 Å². The highest BCUT2D eigenvalue weighted by atomic mass is 79.9. The van der Waals surface area contributed by atoms with Crippen LogP contribution in [0, 0.1) is 0 Å². The molecule has 0 bridgehead atoms. The number of nitrogens with zero attached hydrogens (tertiary/aromatic N) is 2. The Bertz CT molecular complexity index is 573. The van der Waals surface area contributed by atoms with Crippen LogP contribution >= 0.6 is 15.9 Å². The van der Waals surface area contributed by atoms with Gasteiger partial charge in [-0.1, -0.05) is 0 Å². The van der Waals surface area contributed by atoms with Crippen molar-refractivity contribution in [3.8, 4) is 0 Å². The van der Waals surface area contributed by atoms with Crippen LogP contribution in [0.4, 0.5) is 5.69 Å². The SMILES string of the molecule is CC(=O)NCCNc1cc(Br)nc2cnccc12. The quantitative estimate of drug-likeness (QED) is 0.669. The molecule has 2 aromatic rings. The summed E-state index contributed by atoms with van der Waals surface area (Å²) in [6.45, 7) is 2.75. The molecule has 0 aromatic carbocycles. The zero-order chi connectivity index (χ0) is 13.0. The van der Waals surface area contributed by atoms with Crippen LogP contribution in [0.15, 0.2) is 29.1 Å². The van der Waals surface area contributed by atoms with Crippen molar-refractivity contribution < 1.29 is 4.79 Å². The Balaban J connectivity index is 2.14. The van der Waals surface area contributed by atoms with Gasteiger partial charge in [0.15, 0.2) is 0 Å². The molecule has 0 radical (unpaired) electrons. The lowest BCUT2D eigenvalue weighted by molar-refractivity contribution is -0.118. The molecule has 2 aromatic heterocycles. The highest BCUT2D eigenvalue weighted by molar-refractivity contribution is 9.10. The lowest BCUT2D eigenvalue weighted by Crippen LogP contribution is -2.26. The molecule has 6 heteroatoms. The standard InChI is InChI=1S/C12H13BrN4O/c1-8(18)15-4-5-16-10-6-12(13)17-11-7-14-3-2-9(10)11/h2-3,6-7H,4-5H2,1H3,(H,15,18)(H,16,17). The van der Waals surface area contributed by atoms with Gasteiger partial charge in [0.2, 0.25) is 5.91 Å². The summed E-state index contributed by atoms with van der Waals surface area (Å²) in [7, 11) is 0. The first kappa shape index (κ1) is 12.8. The molecule has 0 aliphatic rings. The van der Waals surface area contributed by atoms with E-state index in [9.17, 15) is 4.79 Å². The fraction of sp³-hybridized carbons (Fsp3) is 0.250. The van der Waals surface area contributed by atoms with Crippen LogP contribution in [0.5, 0.6) is 0 Å². The molecule has 18 heavy (non-hydrogen) atoms. The second-order valence-electron chi connectivity index (χ2n) is 3.80. The molecule has 0 aliphatic carbocycles. The van der Waals surface area contributed by atoms with Gasteiger partial charge in [-0.25, -0.2) is 4.98 Å².